The van der Waals surface area contributed by atoms with E-state index in [-0.39, 0.29) is 11.4 Å². The highest BCUT2D eigenvalue weighted by molar-refractivity contribution is 5.90. The zero-order valence-corrected chi connectivity index (χ0v) is 8.20. The zero-order valence-electron chi connectivity index (χ0n) is 8.20. The second-order valence-electron chi connectivity index (χ2n) is 2.68. The molecule has 0 atom stereocenters. The number of methoxy groups -OCH3 is 2. The van der Waals surface area contributed by atoms with Gasteiger partial charge in [-0.3, -0.25) is 0 Å². The molecule has 0 saturated heterocycles. The largest absolute Gasteiger partial charge is 0.481 e. The van der Waals surface area contributed by atoms with Gasteiger partial charge in [0.2, 0.25) is 11.8 Å². The highest BCUT2D eigenvalue weighted by atomic mass is 16.5. The first-order chi connectivity index (χ1) is 6.60. The van der Waals surface area contributed by atoms with Gasteiger partial charge in [-0.25, -0.2) is 4.79 Å². The van der Waals surface area contributed by atoms with E-state index < -0.39 is 5.97 Å². The number of carbonyl (C=O) groups is 1. The van der Waals surface area contributed by atoms with Gasteiger partial charge in [-0.1, -0.05) is 0 Å². The second-order valence-corrected chi connectivity index (χ2v) is 2.68. The van der Waals surface area contributed by atoms with Crippen LogP contribution < -0.4 is 9.47 Å². The number of aryl methyl sites for hydroxylation is 1. The SMILES string of the molecule is COc1nc(OC)c(C(=O)O)cc1C. The third-order valence-corrected chi connectivity index (χ3v) is 1.75. The number of carboxylic acids is 1. The van der Waals surface area contributed by atoms with Gasteiger partial charge in [0.05, 0.1) is 14.2 Å². The van der Waals surface area contributed by atoms with Crippen LogP contribution in [0.15, 0.2) is 6.07 Å². The molecule has 1 rings (SSSR count). The number of hydrogen-bond acceptors (Lipinski definition) is 4. The molecule has 0 saturated carbocycles. The molecular formula is C9H11NO4. The lowest BCUT2D eigenvalue weighted by molar-refractivity contribution is 0.0692. The Morgan fingerprint density at radius 3 is 2.36 bits per heavy atom. The van der Waals surface area contributed by atoms with Crippen LogP contribution in [-0.2, 0) is 0 Å². The van der Waals surface area contributed by atoms with Crippen LogP contribution in [0.2, 0.25) is 0 Å². The van der Waals surface area contributed by atoms with Crippen molar-refractivity contribution in [3.05, 3.63) is 17.2 Å². The van der Waals surface area contributed by atoms with Gasteiger partial charge in [0.25, 0.3) is 0 Å². The average Bonchev–Trinajstić information content (AvgIpc) is 2.17. The van der Waals surface area contributed by atoms with Crippen molar-refractivity contribution in [3.63, 3.8) is 0 Å². The molecule has 0 bridgehead atoms. The van der Waals surface area contributed by atoms with Gasteiger partial charge in [0.15, 0.2) is 0 Å². The third kappa shape index (κ3) is 1.76. The lowest BCUT2D eigenvalue weighted by Gasteiger charge is -2.08. The summed E-state index contributed by atoms with van der Waals surface area (Å²) in [5.74, 6) is -0.646. The monoisotopic (exact) mass is 197 g/mol. The quantitative estimate of drug-likeness (QED) is 0.785. The molecule has 1 aromatic heterocycles. The fraction of sp³-hybridized carbons (Fsp3) is 0.333. The maximum Gasteiger partial charge on any atom is 0.341 e. The number of ether oxygens (including phenoxy) is 2. The number of nitrogens with zero attached hydrogens (tertiary/aromatic N) is 1. The summed E-state index contributed by atoms with van der Waals surface area (Å²) in [6.07, 6.45) is 0. The molecule has 0 spiro atoms. The van der Waals surface area contributed by atoms with E-state index in [4.69, 9.17) is 14.6 Å². The molecule has 0 aromatic carbocycles. The van der Waals surface area contributed by atoms with Crippen LogP contribution in [0.1, 0.15) is 15.9 Å². The van der Waals surface area contributed by atoms with E-state index in [1.807, 2.05) is 0 Å². The topological polar surface area (TPSA) is 68.7 Å². The van der Waals surface area contributed by atoms with Crippen molar-refractivity contribution in [2.45, 2.75) is 6.92 Å². The van der Waals surface area contributed by atoms with Crippen LogP contribution in [0.4, 0.5) is 0 Å². The summed E-state index contributed by atoms with van der Waals surface area (Å²) < 4.78 is 9.77. The summed E-state index contributed by atoms with van der Waals surface area (Å²) in [5.41, 5.74) is 0.691. The van der Waals surface area contributed by atoms with Crippen molar-refractivity contribution in [1.82, 2.24) is 4.98 Å². The first-order valence-corrected chi connectivity index (χ1v) is 3.93. The van der Waals surface area contributed by atoms with Gasteiger partial charge in [-0.05, 0) is 13.0 Å². The number of pyridine rings is 1. The van der Waals surface area contributed by atoms with E-state index in [9.17, 15) is 4.79 Å². The minimum atomic E-state index is -1.07. The molecule has 14 heavy (non-hydrogen) atoms. The Labute approximate surface area is 81.3 Å². The molecule has 0 aliphatic heterocycles. The molecule has 5 heteroatoms. The molecule has 5 nitrogen and oxygen atoms in total. The first kappa shape index (κ1) is 10.3. The van der Waals surface area contributed by atoms with E-state index in [0.717, 1.165) is 0 Å². The Morgan fingerprint density at radius 1 is 1.36 bits per heavy atom. The van der Waals surface area contributed by atoms with Gasteiger partial charge in [0.1, 0.15) is 5.56 Å². The van der Waals surface area contributed by atoms with Crippen molar-refractivity contribution in [2.24, 2.45) is 0 Å². The molecule has 0 radical (unpaired) electrons. The summed E-state index contributed by atoms with van der Waals surface area (Å²) in [6.45, 7) is 1.72. The van der Waals surface area contributed by atoms with E-state index in [2.05, 4.69) is 4.98 Å². The van der Waals surface area contributed by atoms with Crippen molar-refractivity contribution >= 4 is 5.97 Å². The lowest BCUT2D eigenvalue weighted by Crippen LogP contribution is -2.04. The van der Waals surface area contributed by atoms with E-state index in [1.165, 1.54) is 20.3 Å². The number of aromatic nitrogens is 1. The second kappa shape index (κ2) is 3.95. The van der Waals surface area contributed by atoms with Gasteiger partial charge >= 0.3 is 5.97 Å². The Hall–Kier alpha value is -1.78. The molecule has 0 aliphatic rings. The fourth-order valence-electron chi connectivity index (χ4n) is 1.10. The lowest BCUT2D eigenvalue weighted by atomic mass is 10.2. The highest BCUT2D eigenvalue weighted by Gasteiger charge is 2.15. The van der Waals surface area contributed by atoms with Crippen molar-refractivity contribution < 1.29 is 19.4 Å². The van der Waals surface area contributed by atoms with Gasteiger partial charge in [0, 0.05) is 5.56 Å². The normalized spacial score (nSPS) is 9.64. The summed E-state index contributed by atoms with van der Waals surface area (Å²) in [5, 5.41) is 8.82. The van der Waals surface area contributed by atoms with Crippen LogP contribution in [0.5, 0.6) is 11.8 Å². The van der Waals surface area contributed by atoms with Crippen molar-refractivity contribution in [1.29, 1.82) is 0 Å². The molecule has 1 heterocycles. The highest BCUT2D eigenvalue weighted by Crippen LogP contribution is 2.23. The summed E-state index contributed by atoms with van der Waals surface area (Å²) in [4.78, 5) is 14.7. The first-order valence-electron chi connectivity index (χ1n) is 3.93. The Balaban J connectivity index is 3.31. The summed E-state index contributed by atoms with van der Waals surface area (Å²) in [7, 11) is 2.83. The minimum Gasteiger partial charge on any atom is -0.481 e. The molecular weight excluding hydrogens is 186 g/mol. The van der Waals surface area contributed by atoms with Crippen LogP contribution in [0, 0.1) is 6.92 Å². The van der Waals surface area contributed by atoms with E-state index >= 15 is 0 Å². The molecule has 1 N–H and O–H groups in total. The van der Waals surface area contributed by atoms with Crippen LogP contribution in [0.3, 0.4) is 0 Å². The minimum absolute atomic E-state index is 0.0331. The molecule has 0 fully saturated rings. The number of hydrogen-bond donors (Lipinski definition) is 1. The Morgan fingerprint density at radius 2 is 1.93 bits per heavy atom. The standard InChI is InChI=1S/C9H11NO4/c1-5-4-6(9(11)12)8(14-3)10-7(5)13-2/h4H,1-3H3,(H,11,12). The van der Waals surface area contributed by atoms with Crippen LogP contribution in [0.25, 0.3) is 0 Å². The van der Waals surface area contributed by atoms with Gasteiger partial charge < -0.3 is 14.6 Å². The number of carboxylic acid groups (broad SMARTS) is 1. The van der Waals surface area contributed by atoms with Crippen molar-refractivity contribution in [3.8, 4) is 11.8 Å². The molecule has 0 aliphatic carbocycles. The molecule has 76 valence electrons. The Bertz CT molecular complexity index is 362. The summed E-state index contributed by atoms with van der Waals surface area (Å²) in [6, 6.07) is 1.47. The molecule has 0 unspecified atom stereocenters. The molecule has 0 amide bonds. The summed E-state index contributed by atoms with van der Waals surface area (Å²) >= 11 is 0. The predicted octanol–water partition coefficient (Wildman–Crippen LogP) is 1.11. The van der Waals surface area contributed by atoms with Gasteiger partial charge in [-0.2, -0.15) is 4.98 Å². The number of aromatic carboxylic acids is 1. The fourth-order valence-corrected chi connectivity index (χ4v) is 1.10. The van der Waals surface area contributed by atoms with Crippen LogP contribution >= 0.6 is 0 Å². The maximum atomic E-state index is 10.8. The smallest absolute Gasteiger partial charge is 0.341 e. The van der Waals surface area contributed by atoms with Gasteiger partial charge in [-0.15, -0.1) is 0 Å². The zero-order chi connectivity index (χ0) is 10.7. The average molecular weight is 197 g/mol. The Kier molecular flexibility index (Phi) is 2.91. The predicted molar refractivity (Wildman–Crippen MR) is 49.0 cm³/mol. The number of rotatable bonds is 3. The van der Waals surface area contributed by atoms with Crippen LogP contribution in [-0.4, -0.2) is 30.3 Å². The van der Waals surface area contributed by atoms with Crippen molar-refractivity contribution in [2.75, 3.05) is 14.2 Å². The van der Waals surface area contributed by atoms with E-state index in [0.29, 0.717) is 11.4 Å². The maximum absolute atomic E-state index is 10.8. The third-order valence-electron chi connectivity index (χ3n) is 1.75. The molecule has 1 aromatic rings. The van der Waals surface area contributed by atoms with E-state index in [1.54, 1.807) is 6.92 Å².